The molecule has 0 bridgehead atoms. The average Bonchev–Trinajstić information content (AvgIpc) is 3.28. The van der Waals surface area contributed by atoms with Crippen molar-refractivity contribution in [3.8, 4) is 5.88 Å². The molecule has 0 spiro atoms. The first kappa shape index (κ1) is 27.8. The van der Waals surface area contributed by atoms with Gasteiger partial charge < -0.3 is 24.0 Å². The van der Waals surface area contributed by atoms with Gasteiger partial charge >= 0.3 is 5.97 Å². The van der Waals surface area contributed by atoms with Crippen LogP contribution in [0, 0.1) is 5.82 Å². The van der Waals surface area contributed by atoms with E-state index in [1.807, 2.05) is 12.1 Å². The normalized spacial score (nSPS) is 16.0. The second-order valence-corrected chi connectivity index (χ2v) is 10.2. The number of piperazine rings is 1. The molecule has 0 amide bonds. The third-order valence-corrected chi connectivity index (χ3v) is 7.36. The van der Waals surface area contributed by atoms with Crippen molar-refractivity contribution >= 4 is 34.4 Å². The number of pyridine rings is 1. The van der Waals surface area contributed by atoms with Crippen LogP contribution in [0.3, 0.4) is 0 Å². The largest absolute Gasteiger partial charge is 0.478 e. The summed E-state index contributed by atoms with van der Waals surface area (Å²) < 4.78 is 27.3. The first-order valence-corrected chi connectivity index (χ1v) is 13.4. The third-order valence-electron chi connectivity index (χ3n) is 7.13. The van der Waals surface area contributed by atoms with Crippen LogP contribution in [0.15, 0.2) is 54.6 Å². The Morgan fingerprint density at radius 1 is 1.15 bits per heavy atom. The minimum atomic E-state index is -0.965. The van der Waals surface area contributed by atoms with Crippen LogP contribution < -0.4 is 9.64 Å². The van der Waals surface area contributed by atoms with Gasteiger partial charge in [-0.25, -0.2) is 14.2 Å². The predicted molar refractivity (Wildman–Crippen MR) is 151 cm³/mol. The van der Waals surface area contributed by atoms with Crippen LogP contribution in [0.5, 0.6) is 5.88 Å². The zero-order valence-corrected chi connectivity index (χ0v) is 23.1. The number of carbonyl (C=O) groups is 1. The third kappa shape index (κ3) is 6.19. The van der Waals surface area contributed by atoms with Gasteiger partial charge in [-0.05, 0) is 43.3 Å². The van der Waals surface area contributed by atoms with Crippen LogP contribution >= 0.6 is 11.6 Å². The fourth-order valence-corrected chi connectivity index (χ4v) is 5.09. The van der Waals surface area contributed by atoms with Crippen LogP contribution in [-0.2, 0) is 24.4 Å². The minimum Gasteiger partial charge on any atom is -0.478 e. The van der Waals surface area contributed by atoms with E-state index in [0.717, 1.165) is 42.3 Å². The lowest BCUT2D eigenvalue weighted by molar-refractivity contribution is 0.0697. The monoisotopic (exact) mass is 567 g/mol. The molecule has 0 saturated carbocycles. The molecule has 2 aromatic heterocycles. The van der Waals surface area contributed by atoms with E-state index >= 15 is 0 Å². The van der Waals surface area contributed by atoms with E-state index in [-0.39, 0.29) is 18.2 Å². The Kier molecular flexibility index (Phi) is 8.49. The van der Waals surface area contributed by atoms with Gasteiger partial charge in [0, 0.05) is 56.0 Å². The zero-order chi connectivity index (χ0) is 28.2. The van der Waals surface area contributed by atoms with Gasteiger partial charge in [-0.1, -0.05) is 23.7 Å². The van der Waals surface area contributed by atoms with Crippen molar-refractivity contribution in [2.24, 2.45) is 0 Å². The summed E-state index contributed by atoms with van der Waals surface area (Å²) in [6, 6.07) is 15.3. The molecule has 1 atom stereocenters. The van der Waals surface area contributed by atoms with E-state index in [4.69, 9.17) is 26.1 Å². The molecule has 1 N–H and O–H groups in total. The minimum absolute atomic E-state index is 0.0572. The Balaban J connectivity index is 1.26. The number of aromatic nitrogens is 3. The summed E-state index contributed by atoms with van der Waals surface area (Å²) in [7, 11) is 1.65. The first-order valence-electron chi connectivity index (χ1n) is 13.1. The Morgan fingerprint density at radius 3 is 2.75 bits per heavy atom. The summed E-state index contributed by atoms with van der Waals surface area (Å²) in [6.45, 7) is 6.22. The number of fused-ring (bicyclic) bond motifs is 1. The molecular weight excluding hydrogens is 537 g/mol. The second-order valence-electron chi connectivity index (χ2n) is 9.81. The SMILES string of the molecule is COCCn1c(CN2CCN(c3cccc(OCc4ccc(Cl)cc4F)n3)C[C@H]2C)nc2ccc(C(=O)O)cc21. The number of rotatable bonds is 10. The van der Waals surface area contributed by atoms with Gasteiger partial charge in [0.25, 0.3) is 0 Å². The summed E-state index contributed by atoms with van der Waals surface area (Å²) in [5.41, 5.74) is 2.20. The van der Waals surface area contributed by atoms with Gasteiger partial charge in [-0.3, -0.25) is 4.90 Å². The first-order chi connectivity index (χ1) is 19.3. The number of carboxylic acid groups (broad SMARTS) is 1. The Morgan fingerprint density at radius 2 is 2.00 bits per heavy atom. The van der Waals surface area contributed by atoms with Crippen LogP contribution in [0.2, 0.25) is 5.02 Å². The number of methoxy groups -OCH3 is 1. The van der Waals surface area contributed by atoms with Gasteiger partial charge in [0.2, 0.25) is 5.88 Å². The highest BCUT2D eigenvalue weighted by Gasteiger charge is 2.26. The van der Waals surface area contributed by atoms with E-state index in [2.05, 4.69) is 26.3 Å². The number of nitrogens with zero attached hydrogens (tertiary/aromatic N) is 5. The van der Waals surface area contributed by atoms with E-state index < -0.39 is 11.8 Å². The number of ether oxygens (including phenoxy) is 2. The lowest BCUT2D eigenvalue weighted by Gasteiger charge is -2.40. The van der Waals surface area contributed by atoms with Gasteiger partial charge in [-0.2, -0.15) is 4.98 Å². The molecule has 5 rings (SSSR count). The smallest absolute Gasteiger partial charge is 0.335 e. The number of hydrogen-bond acceptors (Lipinski definition) is 7. The topological polar surface area (TPSA) is 93.0 Å². The highest BCUT2D eigenvalue weighted by Crippen LogP contribution is 2.24. The van der Waals surface area contributed by atoms with Crippen molar-refractivity contribution in [1.82, 2.24) is 19.4 Å². The molecule has 1 saturated heterocycles. The summed E-state index contributed by atoms with van der Waals surface area (Å²) in [5, 5.41) is 9.79. The molecule has 1 aliphatic heterocycles. The molecule has 210 valence electrons. The maximum atomic E-state index is 14.1. The maximum Gasteiger partial charge on any atom is 0.335 e. The number of anilines is 1. The van der Waals surface area contributed by atoms with Gasteiger partial charge in [-0.15, -0.1) is 0 Å². The van der Waals surface area contributed by atoms with Crippen molar-refractivity contribution in [1.29, 1.82) is 0 Å². The van der Waals surface area contributed by atoms with Crippen molar-refractivity contribution in [3.63, 3.8) is 0 Å². The fraction of sp³-hybridized carbons (Fsp3) is 0.345. The molecule has 2 aromatic carbocycles. The standard InChI is InChI=1S/C29H31ClFN5O4/c1-19-16-35(26-4-3-5-28(33-26)40-18-21-6-8-22(30)15-23(21)31)11-10-34(19)17-27-32-24-9-7-20(29(37)38)14-25(24)36(27)12-13-39-2/h3-9,14-15,19H,10-13,16-18H2,1-2H3,(H,37,38)/t19-/m1/s1. The molecule has 0 unspecified atom stereocenters. The summed E-state index contributed by atoms with van der Waals surface area (Å²) in [5.74, 6) is 0.723. The van der Waals surface area contributed by atoms with Crippen LogP contribution in [0.4, 0.5) is 10.2 Å². The molecular formula is C29H31ClFN5O4. The van der Waals surface area contributed by atoms with Crippen molar-refractivity contribution in [2.75, 3.05) is 38.3 Å². The molecule has 9 nitrogen and oxygen atoms in total. The number of carboxylic acids is 1. The lowest BCUT2D eigenvalue weighted by atomic mass is 10.2. The van der Waals surface area contributed by atoms with Crippen molar-refractivity contribution < 1.29 is 23.8 Å². The molecule has 1 fully saturated rings. The highest BCUT2D eigenvalue weighted by molar-refractivity contribution is 6.30. The highest BCUT2D eigenvalue weighted by atomic mass is 35.5. The lowest BCUT2D eigenvalue weighted by Crippen LogP contribution is -2.52. The molecule has 40 heavy (non-hydrogen) atoms. The van der Waals surface area contributed by atoms with E-state index in [0.29, 0.717) is 36.2 Å². The number of benzene rings is 2. The quantitative estimate of drug-likeness (QED) is 0.290. The number of aromatic carboxylic acids is 1. The molecule has 0 aliphatic carbocycles. The van der Waals surface area contributed by atoms with Crippen molar-refractivity contribution in [2.45, 2.75) is 32.7 Å². The Labute approximate surface area is 236 Å². The molecule has 1 aliphatic rings. The molecule has 4 aromatic rings. The van der Waals surface area contributed by atoms with Crippen LogP contribution in [0.25, 0.3) is 11.0 Å². The number of hydrogen-bond donors (Lipinski definition) is 1. The summed E-state index contributed by atoms with van der Waals surface area (Å²) in [4.78, 5) is 25.6. The van der Waals surface area contributed by atoms with E-state index in [1.54, 1.807) is 43.5 Å². The molecule has 3 heterocycles. The summed E-state index contributed by atoms with van der Waals surface area (Å²) in [6.07, 6.45) is 0. The Bertz CT molecular complexity index is 1510. The summed E-state index contributed by atoms with van der Waals surface area (Å²) >= 11 is 5.84. The van der Waals surface area contributed by atoms with Gasteiger partial charge in [0.05, 0.1) is 29.7 Å². The van der Waals surface area contributed by atoms with E-state index in [1.165, 1.54) is 6.07 Å². The fourth-order valence-electron chi connectivity index (χ4n) is 4.93. The van der Waals surface area contributed by atoms with Crippen LogP contribution in [0.1, 0.15) is 28.7 Å². The average molecular weight is 568 g/mol. The second kappa shape index (κ2) is 12.2. The van der Waals surface area contributed by atoms with Gasteiger partial charge in [0.1, 0.15) is 24.1 Å². The number of imidazole rings is 1. The molecule has 11 heteroatoms. The van der Waals surface area contributed by atoms with E-state index in [9.17, 15) is 14.3 Å². The maximum absolute atomic E-state index is 14.1. The number of halogens is 2. The predicted octanol–water partition coefficient (Wildman–Crippen LogP) is 4.86. The van der Waals surface area contributed by atoms with Crippen LogP contribution in [-0.4, -0.2) is 69.9 Å². The zero-order valence-electron chi connectivity index (χ0n) is 22.4. The Hall–Kier alpha value is -3.73. The molecule has 0 radical (unpaired) electrons. The van der Waals surface area contributed by atoms with Gasteiger partial charge in [0.15, 0.2) is 0 Å². The van der Waals surface area contributed by atoms with Crippen molar-refractivity contribution in [3.05, 3.63) is 82.4 Å².